The SMILES string of the molecule is OC(CNCCCc1ccccc1)COCc1cccs1. The van der Waals surface area contributed by atoms with E-state index in [1.807, 2.05) is 23.6 Å². The third-order valence-electron chi connectivity index (χ3n) is 3.18. The number of hydrogen-bond donors (Lipinski definition) is 2. The first kappa shape index (κ1) is 16.2. The highest BCUT2D eigenvalue weighted by molar-refractivity contribution is 7.09. The van der Waals surface area contributed by atoms with Crippen molar-refractivity contribution < 1.29 is 9.84 Å². The van der Waals surface area contributed by atoms with Gasteiger partial charge in [0.2, 0.25) is 0 Å². The van der Waals surface area contributed by atoms with Gasteiger partial charge < -0.3 is 15.2 Å². The molecule has 0 aliphatic carbocycles. The molecule has 0 saturated carbocycles. The van der Waals surface area contributed by atoms with Crippen molar-refractivity contribution in [2.24, 2.45) is 0 Å². The topological polar surface area (TPSA) is 41.5 Å². The summed E-state index contributed by atoms with van der Waals surface area (Å²) in [5.74, 6) is 0. The lowest BCUT2D eigenvalue weighted by molar-refractivity contribution is 0.0299. The summed E-state index contributed by atoms with van der Waals surface area (Å²) < 4.78 is 5.49. The molecule has 1 aromatic carbocycles. The molecule has 1 aromatic heterocycles. The second-order valence-electron chi connectivity index (χ2n) is 5.04. The van der Waals surface area contributed by atoms with Crippen molar-refractivity contribution in [3.63, 3.8) is 0 Å². The first-order valence-corrected chi connectivity index (χ1v) is 8.25. The molecule has 0 aliphatic heterocycles. The number of aryl methyl sites for hydroxylation is 1. The van der Waals surface area contributed by atoms with E-state index in [9.17, 15) is 5.11 Å². The van der Waals surface area contributed by atoms with Gasteiger partial charge in [0.25, 0.3) is 0 Å². The number of thiophene rings is 1. The van der Waals surface area contributed by atoms with Crippen molar-refractivity contribution in [1.29, 1.82) is 0 Å². The molecular formula is C17H23NO2S. The Kier molecular flexibility index (Phi) is 7.46. The Hall–Kier alpha value is -1.20. The molecule has 0 amide bonds. The standard InChI is InChI=1S/C17H23NO2S/c19-16(13-20-14-17-9-5-11-21-17)12-18-10-4-8-15-6-2-1-3-7-15/h1-3,5-7,9,11,16,18-19H,4,8,10,12-14H2. The van der Waals surface area contributed by atoms with Crippen LogP contribution in [-0.2, 0) is 17.8 Å². The molecule has 1 atom stereocenters. The summed E-state index contributed by atoms with van der Waals surface area (Å²) >= 11 is 1.67. The van der Waals surface area contributed by atoms with Crippen molar-refractivity contribution in [3.8, 4) is 0 Å². The fourth-order valence-corrected chi connectivity index (χ4v) is 2.72. The van der Waals surface area contributed by atoms with Crippen LogP contribution in [0.3, 0.4) is 0 Å². The minimum Gasteiger partial charge on any atom is -0.389 e. The minimum atomic E-state index is -0.443. The molecule has 21 heavy (non-hydrogen) atoms. The van der Waals surface area contributed by atoms with Crippen LogP contribution in [-0.4, -0.2) is 30.9 Å². The Labute approximate surface area is 130 Å². The van der Waals surface area contributed by atoms with Crippen LogP contribution in [0.5, 0.6) is 0 Å². The van der Waals surface area contributed by atoms with Crippen LogP contribution in [0.2, 0.25) is 0 Å². The molecule has 1 unspecified atom stereocenters. The summed E-state index contributed by atoms with van der Waals surface area (Å²) in [4.78, 5) is 1.19. The maximum Gasteiger partial charge on any atom is 0.0897 e. The summed E-state index contributed by atoms with van der Waals surface area (Å²) in [6.07, 6.45) is 1.70. The highest BCUT2D eigenvalue weighted by Gasteiger charge is 2.04. The van der Waals surface area contributed by atoms with Gasteiger partial charge in [0, 0.05) is 11.4 Å². The number of ether oxygens (including phenoxy) is 1. The van der Waals surface area contributed by atoms with Gasteiger partial charge in [0.15, 0.2) is 0 Å². The van der Waals surface area contributed by atoms with Crippen molar-refractivity contribution in [1.82, 2.24) is 5.32 Å². The summed E-state index contributed by atoms with van der Waals surface area (Å²) in [5, 5.41) is 15.1. The highest BCUT2D eigenvalue weighted by Crippen LogP contribution is 2.09. The lowest BCUT2D eigenvalue weighted by Gasteiger charge is -2.12. The van der Waals surface area contributed by atoms with Gasteiger partial charge in [-0.05, 0) is 36.4 Å². The van der Waals surface area contributed by atoms with Crippen LogP contribution >= 0.6 is 11.3 Å². The predicted octanol–water partition coefficient (Wildman–Crippen LogP) is 2.85. The Balaban J connectivity index is 1.46. The lowest BCUT2D eigenvalue weighted by Crippen LogP contribution is -2.31. The fourth-order valence-electron chi connectivity index (χ4n) is 2.08. The number of aliphatic hydroxyl groups is 1. The van der Waals surface area contributed by atoms with E-state index in [1.54, 1.807) is 11.3 Å². The van der Waals surface area contributed by atoms with Gasteiger partial charge in [-0.2, -0.15) is 0 Å². The van der Waals surface area contributed by atoms with E-state index in [0.717, 1.165) is 19.4 Å². The molecule has 114 valence electrons. The minimum absolute atomic E-state index is 0.379. The van der Waals surface area contributed by atoms with Gasteiger partial charge in [0.1, 0.15) is 0 Å². The summed E-state index contributed by atoms with van der Waals surface area (Å²) in [6, 6.07) is 14.5. The van der Waals surface area contributed by atoms with Crippen LogP contribution in [0.1, 0.15) is 16.9 Å². The average molecular weight is 305 g/mol. The van der Waals surface area contributed by atoms with Gasteiger partial charge in [0.05, 0.1) is 19.3 Å². The lowest BCUT2D eigenvalue weighted by atomic mass is 10.1. The Morgan fingerprint density at radius 1 is 1.14 bits per heavy atom. The highest BCUT2D eigenvalue weighted by atomic mass is 32.1. The molecule has 2 rings (SSSR count). The van der Waals surface area contributed by atoms with E-state index in [2.05, 4.69) is 29.6 Å². The number of hydrogen-bond acceptors (Lipinski definition) is 4. The molecule has 3 nitrogen and oxygen atoms in total. The zero-order chi connectivity index (χ0) is 14.8. The Morgan fingerprint density at radius 3 is 2.76 bits per heavy atom. The van der Waals surface area contributed by atoms with E-state index in [-0.39, 0.29) is 0 Å². The molecule has 0 fully saturated rings. The second-order valence-corrected chi connectivity index (χ2v) is 6.07. The van der Waals surface area contributed by atoms with E-state index in [0.29, 0.717) is 19.8 Å². The molecule has 0 saturated heterocycles. The van der Waals surface area contributed by atoms with Crippen molar-refractivity contribution in [2.45, 2.75) is 25.6 Å². The van der Waals surface area contributed by atoms with Gasteiger partial charge in [-0.1, -0.05) is 36.4 Å². The fraction of sp³-hybridized carbons (Fsp3) is 0.412. The van der Waals surface area contributed by atoms with E-state index in [4.69, 9.17) is 4.74 Å². The summed E-state index contributed by atoms with van der Waals surface area (Å²) in [5.41, 5.74) is 1.36. The van der Waals surface area contributed by atoms with Crippen LogP contribution in [0.4, 0.5) is 0 Å². The zero-order valence-electron chi connectivity index (χ0n) is 12.2. The molecule has 0 bridgehead atoms. The number of rotatable bonds is 10. The molecule has 4 heteroatoms. The van der Waals surface area contributed by atoms with Crippen molar-refractivity contribution in [2.75, 3.05) is 19.7 Å². The maximum absolute atomic E-state index is 9.81. The largest absolute Gasteiger partial charge is 0.389 e. The van der Waals surface area contributed by atoms with Crippen LogP contribution in [0, 0.1) is 0 Å². The average Bonchev–Trinajstić information content (AvgIpc) is 3.01. The van der Waals surface area contributed by atoms with Crippen LogP contribution in [0.15, 0.2) is 47.8 Å². The Bertz CT molecular complexity index is 473. The monoisotopic (exact) mass is 305 g/mol. The van der Waals surface area contributed by atoms with Crippen molar-refractivity contribution in [3.05, 3.63) is 58.3 Å². The van der Waals surface area contributed by atoms with Crippen LogP contribution < -0.4 is 5.32 Å². The Morgan fingerprint density at radius 2 is 2.00 bits per heavy atom. The van der Waals surface area contributed by atoms with E-state index >= 15 is 0 Å². The first-order chi connectivity index (χ1) is 10.3. The summed E-state index contributed by atoms with van der Waals surface area (Å²) in [6.45, 7) is 2.46. The molecular weight excluding hydrogens is 282 g/mol. The molecule has 2 aromatic rings. The third-order valence-corrected chi connectivity index (χ3v) is 4.03. The second kappa shape index (κ2) is 9.68. The number of benzene rings is 1. The zero-order valence-corrected chi connectivity index (χ0v) is 13.0. The first-order valence-electron chi connectivity index (χ1n) is 7.37. The maximum atomic E-state index is 9.81. The third kappa shape index (κ3) is 6.87. The van der Waals surface area contributed by atoms with Gasteiger partial charge >= 0.3 is 0 Å². The number of nitrogens with one attached hydrogen (secondary N) is 1. The molecule has 1 heterocycles. The smallest absolute Gasteiger partial charge is 0.0897 e. The molecule has 2 N–H and O–H groups in total. The van der Waals surface area contributed by atoms with Crippen LogP contribution in [0.25, 0.3) is 0 Å². The van der Waals surface area contributed by atoms with Gasteiger partial charge in [-0.15, -0.1) is 11.3 Å². The quantitative estimate of drug-likeness (QED) is 0.663. The predicted molar refractivity (Wildman–Crippen MR) is 87.6 cm³/mol. The molecule has 0 radical (unpaired) electrons. The van der Waals surface area contributed by atoms with E-state index in [1.165, 1.54) is 10.4 Å². The normalized spacial score (nSPS) is 12.4. The van der Waals surface area contributed by atoms with Crippen molar-refractivity contribution >= 4 is 11.3 Å². The molecule has 0 aliphatic rings. The summed E-state index contributed by atoms with van der Waals surface area (Å²) in [7, 11) is 0. The van der Waals surface area contributed by atoms with Gasteiger partial charge in [-0.25, -0.2) is 0 Å². The van der Waals surface area contributed by atoms with E-state index < -0.39 is 6.10 Å². The molecule has 0 spiro atoms. The van der Waals surface area contributed by atoms with Gasteiger partial charge in [-0.3, -0.25) is 0 Å². The number of aliphatic hydroxyl groups excluding tert-OH is 1.